The van der Waals surface area contributed by atoms with Crippen molar-refractivity contribution in [3.63, 3.8) is 0 Å². The molecular weight excluding hydrogens is 338 g/mol. The van der Waals surface area contributed by atoms with Crippen molar-refractivity contribution in [3.05, 3.63) is 96.7 Å². The minimum Gasteiger partial charge on any atom is -0.457 e. The zero-order valence-electron chi connectivity index (χ0n) is 14.4. The number of nitrogens with zero attached hydrogens (tertiary/aromatic N) is 1. The number of anilines is 2. The van der Waals surface area contributed by atoms with Crippen LogP contribution in [0.5, 0.6) is 11.5 Å². The van der Waals surface area contributed by atoms with Gasteiger partial charge < -0.3 is 15.4 Å². The summed E-state index contributed by atoms with van der Waals surface area (Å²) in [7, 11) is 0. The molecule has 0 aliphatic carbocycles. The Morgan fingerprint density at radius 3 is 2.04 bits per heavy atom. The minimum atomic E-state index is -0.472. The van der Waals surface area contributed by atoms with Crippen LogP contribution in [0.4, 0.5) is 11.4 Å². The van der Waals surface area contributed by atoms with Crippen LogP contribution in [-0.2, 0) is 4.79 Å². The Morgan fingerprint density at radius 1 is 0.815 bits per heavy atom. The summed E-state index contributed by atoms with van der Waals surface area (Å²) in [6.45, 7) is 0. The molecular formula is C22H17N3O2. The van der Waals surface area contributed by atoms with Crippen LogP contribution in [0.15, 0.2) is 96.7 Å². The van der Waals surface area contributed by atoms with Crippen LogP contribution in [-0.4, -0.2) is 5.91 Å². The van der Waals surface area contributed by atoms with E-state index in [0.717, 1.165) is 11.4 Å². The van der Waals surface area contributed by atoms with Crippen molar-refractivity contribution in [1.29, 1.82) is 5.26 Å². The summed E-state index contributed by atoms with van der Waals surface area (Å²) in [6.07, 6.45) is 1.38. The van der Waals surface area contributed by atoms with E-state index in [0.29, 0.717) is 11.4 Å². The summed E-state index contributed by atoms with van der Waals surface area (Å²) in [5, 5.41) is 14.8. The molecule has 27 heavy (non-hydrogen) atoms. The van der Waals surface area contributed by atoms with Gasteiger partial charge >= 0.3 is 0 Å². The molecule has 132 valence electrons. The number of carbonyl (C=O) groups excluding carboxylic acids is 1. The van der Waals surface area contributed by atoms with E-state index in [4.69, 9.17) is 4.74 Å². The second kappa shape index (κ2) is 8.88. The second-order valence-electron chi connectivity index (χ2n) is 5.57. The monoisotopic (exact) mass is 355 g/mol. The third-order valence-electron chi connectivity index (χ3n) is 3.61. The summed E-state index contributed by atoms with van der Waals surface area (Å²) in [5.41, 5.74) is 1.34. The zero-order valence-corrected chi connectivity index (χ0v) is 14.4. The van der Waals surface area contributed by atoms with Crippen molar-refractivity contribution in [2.45, 2.75) is 0 Å². The standard InChI is InChI=1S/C22H17N3O2/c23-15-17(22(26)25-19-7-3-1-4-8-19)16-24-18-11-13-21(14-12-18)27-20-9-5-2-6-10-20/h1-14,16,24H,(H,25,26). The average molecular weight is 355 g/mol. The highest BCUT2D eigenvalue weighted by atomic mass is 16.5. The summed E-state index contributed by atoms with van der Waals surface area (Å²) >= 11 is 0. The van der Waals surface area contributed by atoms with Gasteiger partial charge in [-0.05, 0) is 48.5 Å². The molecule has 0 aliphatic rings. The van der Waals surface area contributed by atoms with E-state index in [1.54, 1.807) is 36.4 Å². The number of carbonyl (C=O) groups is 1. The van der Waals surface area contributed by atoms with Gasteiger partial charge in [0.2, 0.25) is 0 Å². The quantitative estimate of drug-likeness (QED) is 0.485. The molecule has 3 rings (SSSR count). The topological polar surface area (TPSA) is 74.1 Å². The van der Waals surface area contributed by atoms with E-state index in [1.165, 1.54) is 6.20 Å². The maximum Gasteiger partial charge on any atom is 0.267 e. The molecule has 0 bridgehead atoms. The number of nitrogens with one attached hydrogen (secondary N) is 2. The maximum atomic E-state index is 12.2. The fraction of sp³-hybridized carbons (Fsp3) is 0. The third-order valence-corrected chi connectivity index (χ3v) is 3.61. The highest BCUT2D eigenvalue weighted by Gasteiger charge is 2.09. The largest absolute Gasteiger partial charge is 0.457 e. The molecule has 0 spiro atoms. The second-order valence-corrected chi connectivity index (χ2v) is 5.57. The molecule has 3 aromatic carbocycles. The van der Waals surface area contributed by atoms with E-state index in [2.05, 4.69) is 10.6 Å². The molecule has 0 aliphatic heterocycles. The summed E-state index contributed by atoms with van der Waals surface area (Å²) in [4.78, 5) is 12.2. The molecule has 0 heterocycles. The lowest BCUT2D eigenvalue weighted by Crippen LogP contribution is -2.14. The molecule has 3 aromatic rings. The van der Waals surface area contributed by atoms with Crippen LogP contribution >= 0.6 is 0 Å². The highest BCUT2D eigenvalue weighted by molar-refractivity contribution is 6.06. The fourth-order valence-corrected chi connectivity index (χ4v) is 2.27. The summed E-state index contributed by atoms with van der Waals surface area (Å²) in [5.74, 6) is 0.973. The predicted molar refractivity (Wildman–Crippen MR) is 105 cm³/mol. The number of hydrogen-bond donors (Lipinski definition) is 2. The Kier molecular flexibility index (Phi) is 5.85. The first-order valence-corrected chi connectivity index (χ1v) is 8.31. The number of amides is 1. The van der Waals surface area contributed by atoms with Crippen LogP contribution in [0.3, 0.4) is 0 Å². The van der Waals surface area contributed by atoms with Gasteiger partial charge in [0.05, 0.1) is 0 Å². The average Bonchev–Trinajstić information content (AvgIpc) is 2.71. The lowest BCUT2D eigenvalue weighted by molar-refractivity contribution is -0.112. The van der Waals surface area contributed by atoms with Gasteiger partial charge in [0.15, 0.2) is 0 Å². The Morgan fingerprint density at radius 2 is 1.41 bits per heavy atom. The van der Waals surface area contributed by atoms with Crippen molar-refractivity contribution in [2.24, 2.45) is 0 Å². The summed E-state index contributed by atoms with van der Waals surface area (Å²) < 4.78 is 5.73. The summed E-state index contributed by atoms with van der Waals surface area (Å²) in [6, 6.07) is 27.6. The maximum absolute atomic E-state index is 12.2. The fourth-order valence-electron chi connectivity index (χ4n) is 2.27. The van der Waals surface area contributed by atoms with Crippen LogP contribution in [0, 0.1) is 11.3 Å². The van der Waals surface area contributed by atoms with E-state index >= 15 is 0 Å². The Hall–Kier alpha value is -4.04. The number of hydrogen-bond acceptors (Lipinski definition) is 4. The number of rotatable bonds is 6. The van der Waals surface area contributed by atoms with Gasteiger partial charge in [0.1, 0.15) is 23.1 Å². The van der Waals surface area contributed by atoms with Gasteiger partial charge in [-0.15, -0.1) is 0 Å². The first-order chi connectivity index (χ1) is 13.2. The first kappa shape index (κ1) is 17.8. The smallest absolute Gasteiger partial charge is 0.267 e. The van der Waals surface area contributed by atoms with Gasteiger partial charge in [-0.2, -0.15) is 5.26 Å². The van der Waals surface area contributed by atoms with Crippen LogP contribution < -0.4 is 15.4 Å². The molecule has 0 saturated heterocycles. The third kappa shape index (κ3) is 5.21. The molecule has 0 fully saturated rings. The lowest BCUT2D eigenvalue weighted by atomic mass is 10.2. The van der Waals surface area contributed by atoms with Crippen LogP contribution in [0.1, 0.15) is 0 Å². The number of ether oxygens (including phenoxy) is 1. The van der Waals surface area contributed by atoms with Crippen LogP contribution in [0.25, 0.3) is 0 Å². The molecule has 5 nitrogen and oxygen atoms in total. The molecule has 5 heteroatoms. The predicted octanol–water partition coefficient (Wildman–Crippen LogP) is 4.94. The van der Waals surface area contributed by atoms with Crippen LogP contribution in [0.2, 0.25) is 0 Å². The Balaban J connectivity index is 1.61. The van der Waals surface area contributed by atoms with E-state index in [1.807, 2.05) is 54.6 Å². The van der Waals surface area contributed by atoms with E-state index < -0.39 is 5.91 Å². The molecule has 0 saturated carbocycles. The van der Waals surface area contributed by atoms with E-state index in [-0.39, 0.29) is 5.57 Å². The van der Waals surface area contributed by atoms with Gasteiger partial charge in [-0.25, -0.2) is 0 Å². The van der Waals surface area contributed by atoms with Crippen molar-refractivity contribution >= 4 is 17.3 Å². The highest BCUT2D eigenvalue weighted by Crippen LogP contribution is 2.22. The molecule has 0 radical (unpaired) electrons. The normalized spacial score (nSPS) is 10.6. The lowest BCUT2D eigenvalue weighted by Gasteiger charge is -2.07. The van der Waals surface area contributed by atoms with E-state index in [9.17, 15) is 10.1 Å². The molecule has 0 atom stereocenters. The molecule has 1 amide bonds. The molecule has 2 N–H and O–H groups in total. The minimum absolute atomic E-state index is 0.0246. The number of benzene rings is 3. The zero-order chi connectivity index (χ0) is 18.9. The molecule has 0 unspecified atom stereocenters. The van der Waals surface area contributed by atoms with Gasteiger partial charge in [0, 0.05) is 17.6 Å². The number of para-hydroxylation sites is 2. The Bertz CT molecular complexity index is 960. The van der Waals surface area contributed by atoms with Crippen molar-refractivity contribution in [3.8, 4) is 17.6 Å². The van der Waals surface area contributed by atoms with Gasteiger partial charge in [-0.1, -0.05) is 36.4 Å². The van der Waals surface area contributed by atoms with Crippen molar-refractivity contribution in [2.75, 3.05) is 10.6 Å². The van der Waals surface area contributed by atoms with Gasteiger partial charge in [-0.3, -0.25) is 4.79 Å². The van der Waals surface area contributed by atoms with Crippen molar-refractivity contribution in [1.82, 2.24) is 0 Å². The van der Waals surface area contributed by atoms with Crippen molar-refractivity contribution < 1.29 is 9.53 Å². The first-order valence-electron chi connectivity index (χ1n) is 8.31. The molecule has 0 aromatic heterocycles. The Labute approximate surface area is 157 Å². The SMILES string of the molecule is N#CC(=CNc1ccc(Oc2ccccc2)cc1)C(=O)Nc1ccccc1. The van der Waals surface area contributed by atoms with Gasteiger partial charge in [0.25, 0.3) is 5.91 Å². The number of nitriles is 1.